The van der Waals surface area contributed by atoms with Crippen molar-refractivity contribution in [2.75, 3.05) is 11.1 Å². The minimum atomic E-state index is -0.136. The molecule has 0 aliphatic heterocycles. The zero-order valence-electron chi connectivity index (χ0n) is 13.9. The molecule has 3 rings (SSSR count). The molecule has 1 N–H and O–H groups in total. The number of hydrogen-bond donors (Lipinski definition) is 1. The van der Waals surface area contributed by atoms with E-state index in [0.29, 0.717) is 11.3 Å². The average molecular weight is 371 g/mol. The summed E-state index contributed by atoms with van der Waals surface area (Å²) in [5.41, 5.74) is 1.20. The van der Waals surface area contributed by atoms with Crippen LogP contribution in [0.2, 0.25) is 0 Å². The molecular formula is C18H17N3O2S2. The van der Waals surface area contributed by atoms with Crippen LogP contribution in [0.1, 0.15) is 29.1 Å². The number of Topliss-reactive ketones (excluding diaryl/α,β-unsaturated/α-hetero) is 1. The van der Waals surface area contributed by atoms with Crippen molar-refractivity contribution < 1.29 is 9.59 Å². The molecule has 0 aliphatic rings. The third-order valence-corrected chi connectivity index (χ3v) is 5.78. The molecule has 2 heterocycles. The van der Waals surface area contributed by atoms with Gasteiger partial charge in [-0.2, -0.15) is 0 Å². The van der Waals surface area contributed by atoms with E-state index >= 15 is 0 Å². The molecule has 0 radical (unpaired) electrons. The SMILES string of the molecule is CCc1cc2c(SCC(=O)Nc3cccc(C(C)=O)c3)ncnc2s1. The number of rotatable bonds is 6. The van der Waals surface area contributed by atoms with Crippen LogP contribution in [-0.4, -0.2) is 27.4 Å². The van der Waals surface area contributed by atoms with Crippen LogP contribution in [0.5, 0.6) is 0 Å². The molecule has 0 saturated carbocycles. The largest absolute Gasteiger partial charge is 0.325 e. The maximum Gasteiger partial charge on any atom is 0.234 e. The van der Waals surface area contributed by atoms with E-state index in [1.807, 2.05) is 0 Å². The molecule has 0 aliphatic carbocycles. The standard InChI is InChI=1S/C18H17N3O2S2/c1-3-14-8-15-17(19-10-20-18(15)25-14)24-9-16(23)21-13-6-4-5-12(7-13)11(2)22/h4-8,10H,3,9H2,1-2H3,(H,21,23). The molecule has 7 heteroatoms. The van der Waals surface area contributed by atoms with Crippen LogP contribution in [0.3, 0.4) is 0 Å². The Balaban J connectivity index is 1.67. The number of aryl methyl sites for hydroxylation is 1. The van der Waals surface area contributed by atoms with E-state index in [0.717, 1.165) is 21.7 Å². The third-order valence-electron chi connectivity index (χ3n) is 3.59. The Morgan fingerprint density at radius 1 is 1.24 bits per heavy atom. The monoisotopic (exact) mass is 371 g/mol. The second-order valence-corrected chi connectivity index (χ2v) is 7.52. The molecule has 1 amide bonds. The van der Waals surface area contributed by atoms with Crippen LogP contribution in [0.4, 0.5) is 5.69 Å². The Hall–Kier alpha value is -2.25. The number of amides is 1. The number of carbonyl (C=O) groups excluding carboxylic acids is 2. The first-order valence-corrected chi connectivity index (χ1v) is 9.64. The van der Waals surface area contributed by atoms with Gasteiger partial charge < -0.3 is 5.32 Å². The third kappa shape index (κ3) is 4.24. The van der Waals surface area contributed by atoms with Gasteiger partial charge >= 0.3 is 0 Å². The van der Waals surface area contributed by atoms with Gasteiger partial charge in [-0.3, -0.25) is 9.59 Å². The topological polar surface area (TPSA) is 72.0 Å². The number of anilines is 1. The van der Waals surface area contributed by atoms with Crippen molar-refractivity contribution in [1.82, 2.24) is 9.97 Å². The van der Waals surface area contributed by atoms with Gasteiger partial charge in [0.1, 0.15) is 16.2 Å². The van der Waals surface area contributed by atoms with Crippen molar-refractivity contribution in [2.45, 2.75) is 25.3 Å². The number of hydrogen-bond acceptors (Lipinski definition) is 6. The smallest absolute Gasteiger partial charge is 0.234 e. The minimum absolute atomic E-state index is 0.0296. The predicted molar refractivity (Wildman–Crippen MR) is 103 cm³/mol. The average Bonchev–Trinajstić information content (AvgIpc) is 3.04. The van der Waals surface area contributed by atoms with Crippen LogP contribution in [0.15, 0.2) is 41.7 Å². The number of thiophene rings is 1. The van der Waals surface area contributed by atoms with Gasteiger partial charge in [0, 0.05) is 21.5 Å². The fourth-order valence-electron chi connectivity index (χ4n) is 2.32. The predicted octanol–water partition coefficient (Wildman–Crippen LogP) is 4.19. The van der Waals surface area contributed by atoms with E-state index in [1.54, 1.807) is 35.6 Å². The lowest BCUT2D eigenvalue weighted by atomic mass is 10.1. The van der Waals surface area contributed by atoms with Gasteiger partial charge in [-0.1, -0.05) is 30.8 Å². The van der Waals surface area contributed by atoms with Gasteiger partial charge in [-0.15, -0.1) is 11.3 Å². The Morgan fingerprint density at radius 2 is 2.08 bits per heavy atom. The summed E-state index contributed by atoms with van der Waals surface area (Å²) in [6.45, 7) is 3.61. The summed E-state index contributed by atoms with van der Waals surface area (Å²) < 4.78 is 0. The normalized spacial score (nSPS) is 10.8. The molecule has 0 atom stereocenters. The van der Waals surface area contributed by atoms with Gasteiger partial charge in [0.2, 0.25) is 5.91 Å². The van der Waals surface area contributed by atoms with E-state index in [4.69, 9.17) is 0 Å². The highest BCUT2D eigenvalue weighted by Gasteiger charge is 2.11. The number of nitrogens with one attached hydrogen (secondary N) is 1. The first kappa shape index (κ1) is 17.6. The highest BCUT2D eigenvalue weighted by molar-refractivity contribution is 8.00. The molecule has 0 fully saturated rings. The lowest BCUT2D eigenvalue weighted by Crippen LogP contribution is -2.14. The van der Waals surface area contributed by atoms with Crippen molar-refractivity contribution in [3.63, 3.8) is 0 Å². The van der Waals surface area contributed by atoms with Crippen molar-refractivity contribution in [3.8, 4) is 0 Å². The van der Waals surface area contributed by atoms with Crippen LogP contribution >= 0.6 is 23.1 Å². The van der Waals surface area contributed by atoms with Gasteiger partial charge in [-0.05, 0) is 31.5 Å². The molecule has 2 aromatic heterocycles. The van der Waals surface area contributed by atoms with E-state index < -0.39 is 0 Å². The lowest BCUT2D eigenvalue weighted by Gasteiger charge is -2.06. The Kier molecular flexibility index (Phi) is 5.45. The molecule has 5 nitrogen and oxygen atoms in total. The van der Waals surface area contributed by atoms with Gasteiger partial charge in [0.05, 0.1) is 5.75 Å². The maximum absolute atomic E-state index is 12.2. The molecule has 25 heavy (non-hydrogen) atoms. The van der Waals surface area contributed by atoms with Crippen LogP contribution in [0.25, 0.3) is 10.2 Å². The maximum atomic E-state index is 12.2. The molecule has 0 saturated heterocycles. The zero-order valence-corrected chi connectivity index (χ0v) is 15.5. The summed E-state index contributed by atoms with van der Waals surface area (Å²) in [6, 6.07) is 9.03. The molecule has 0 bridgehead atoms. The quantitative estimate of drug-likeness (QED) is 0.400. The summed E-state index contributed by atoms with van der Waals surface area (Å²) in [7, 11) is 0. The van der Waals surface area contributed by atoms with E-state index in [1.165, 1.54) is 29.9 Å². The summed E-state index contributed by atoms with van der Waals surface area (Å²) in [5.74, 6) is 0.0784. The van der Waals surface area contributed by atoms with Gasteiger partial charge in [-0.25, -0.2) is 9.97 Å². The second kappa shape index (κ2) is 7.76. The fourth-order valence-corrected chi connectivity index (χ4v) is 4.09. The van der Waals surface area contributed by atoms with Crippen molar-refractivity contribution >= 4 is 50.7 Å². The van der Waals surface area contributed by atoms with Crippen molar-refractivity contribution in [1.29, 1.82) is 0 Å². The lowest BCUT2D eigenvalue weighted by molar-refractivity contribution is -0.113. The second-order valence-electron chi connectivity index (χ2n) is 5.44. The first-order chi connectivity index (χ1) is 12.1. The molecule has 128 valence electrons. The number of fused-ring (bicyclic) bond motifs is 1. The van der Waals surface area contributed by atoms with E-state index in [9.17, 15) is 9.59 Å². The Morgan fingerprint density at radius 3 is 2.84 bits per heavy atom. The highest BCUT2D eigenvalue weighted by Crippen LogP contribution is 2.30. The number of thioether (sulfide) groups is 1. The molecule has 1 aromatic carbocycles. The van der Waals surface area contributed by atoms with Gasteiger partial charge in [0.25, 0.3) is 0 Å². The highest BCUT2D eigenvalue weighted by atomic mass is 32.2. The molecule has 0 spiro atoms. The minimum Gasteiger partial charge on any atom is -0.325 e. The van der Waals surface area contributed by atoms with Crippen LogP contribution in [0, 0.1) is 0 Å². The fraction of sp³-hybridized carbons (Fsp3) is 0.222. The molecule has 3 aromatic rings. The number of benzene rings is 1. The number of ketones is 1. The Bertz CT molecular complexity index is 937. The van der Waals surface area contributed by atoms with Crippen LogP contribution in [-0.2, 0) is 11.2 Å². The van der Waals surface area contributed by atoms with Crippen LogP contribution < -0.4 is 5.32 Å². The molecule has 0 unspecified atom stereocenters. The van der Waals surface area contributed by atoms with E-state index in [-0.39, 0.29) is 17.4 Å². The summed E-state index contributed by atoms with van der Waals surface area (Å²) >= 11 is 3.04. The summed E-state index contributed by atoms with van der Waals surface area (Å²) in [6.07, 6.45) is 2.49. The number of carbonyl (C=O) groups is 2. The number of nitrogens with zero attached hydrogens (tertiary/aromatic N) is 2. The van der Waals surface area contributed by atoms with Crippen molar-refractivity contribution in [3.05, 3.63) is 47.1 Å². The Labute approximate surface area is 153 Å². The molecular weight excluding hydrogens is 354 g/mol. The first-order valence-electron chi connectivity index (χ1n) is 7.84. The summed E-state index contributed by atoms with van der Waals surface area (Å²) in [5, 5.41) is 4.63. The van der Waals surface area contributed by atoms with Crippen molar-refractivity contribution in [2.24, 2.45) is 0 Å². The summed E-state index contributed by atoms with van der Waals surface area (Å²) in [4.78, 5) is 34.4. The zero-order chi connectivity index (χ0) is 17.8. The number of aromatic nitrogens is 2. The van der Waals surface area contributed by atoms with Gasteiger partial charge in [0.15, 0.2) is 5.78 Å². The van der Waals surface area contributed by atoms with E-state index in [2.05, 4.69) is 28.3 Å².